The average Bonchev–Trinajstić information content (AvgIpc) is 1.70. The fraction of sp³-hybridized carbons (Fsp3) is 0.923. The first-order chi connectivity index (χ1) is 6.81. The summed E-state index contributed by atoms with van der Waals surface area (Å²) in [7, 11) is 0. The van der Waals surface area contributed by atoms with E-state index < -0.39 is 0 Å². The Bertz CT molecular complexity index is 244. The molecule has 0 radical (unpaired) electrons. The standard InChI is InChI=1S/C13H28N2S/c1-11(2,3)9-13(7,8)15-10(16)14-12(4,5)6/h9H2,1-8H3,(H2,14,15,16). The van der Waals surface area contributed by atoms with Crippen LogP contribution in [-0.2, 0) is 0 Å². The summed E-state index contributed by atoms with van der Waals surface area (Å²) in [5.41, 5.74) is 0.337. The minimum Gasteiger partial charge on any atom is -0.358 e. The van der Waals surface area contributed by atoms with Crippen LogP contribution in [0.15, 0.2) is 0 Å². The highest BCUT2D eigenvalue weighted by atomic mass is 32.1. The van der Waals surface area contributed by atoms with Gasteiger partial charge in [-0.05, 0) is 58.7 Å². The van der Waals surface area contributed by atoms with Gasteiger partial charge in [-0.2, -0.15) is 0 Å². The van der Waals surface area contributed by atoms with Crippen molar-refractivity contribution in [2.24, 2.45) is 5.41 Å². The van der Waals surface area contributed by atoms with Crippen LogP contribution >= 0.6 is 12.2 Å². The van der Waals surface area contributed by atoms with Crippen molar-refractivity contribution in [3.05, 3.63) is 0 Å². The molecule has 0 bridgehead atoms. The zero-order valence-electron chi connectivity index (χ0n) is 12.1. The third-order valence-electron chi connectivity index (χ3n) is 1.91. The van der Waals surface area contributed by atoms with Crippen molar-refractivity contribution >= 4 is 17.3 Å². The van der Waals surface area contributed by atoms with E-state index in [2.05, 4.69) is 66.0 Å². The van der Waals surface area contributed by atoms with Gasteiger partial charge in [-0.1, -0.05) is 20.8 Å². The number of nitrogens with one attached hydrogen (secondary N) is 2. The Morgan fingerprint density at radius 1 is 0.875 bits per heavy atom. The number of rotatable bonds is 2. The van der Waals surface area contributed by atoms with Crippen LogP contribution in [0.1, 0.15) is 61.8 Å². The Kier molecular flexibility index (Phi) is 4.81. The second-order valence-electron chi connectivity index (χ2n) is 7.45. The Morgan fingerprint density at radius 2 is 1.31 bits per heavy atom. The molecule has 0 amide bonds. The fourth-order valence-electron chi connectivity index (χ4n) is 2.05. The molecule has 16 heavy (non-hydrogen) atoms. The van der Waals surface area contributed by atoms with Gasteiger partial charge in [-0.3, -0.25) is 0 Å². The highest BCUT2D eigenvalue weighted by Crippen LogP contribution is 2.26. The molecule has 0 rings (SSSR count). The molecule has 0 heterocycles. The molecule has 0 aliphatic rings. The lowest BCUT2D eigenvalue weighted by molar-refractivity contribution is 0.265. The van der Waals surface area contributed by atoms with Crippen LogP contribution in [0.4, 0.5) is 0 Å². The first-order valence-corrected chi connectivity index (χ1v) is 6.32. The molecule has 0 aromatic rings. The maximum Gasteiger partial charge on any atom is 0.167 e. The van der Waals surface area contributed by atoms with Crippen LogP contribution in [0.3, 0.4) is 0 Å². The van der Waals surface area contributed by atoms with Crippen molar-refractivity contribution in [1.29, 1.82) is 0 Å². The van der Waals surface area contributed by atoms with Gasteiger partial charge in [0.05, 0.1) is 0 Å². The van der Waals surface area contributed by atoms with Crippen molar-refractivity contribution in [1.82, 2.24) is 10.6 Å². The van der Waals surface area contributed by atoms with Crippen LogP contribution < -0.4 is 10.6 Å². The van der Waals surface area contributed by atoms with E-state index in [1.165, 1.54) is 0 Å². The second-order valence-corrected chi connectivity index (χ2v) is 7.86. The number of hydrogen-bond acceptors (Lipinski definition) is 1. The highest BCUT2D eigenvalue weighted by Gasteiger charge is 2.26. The highest BCUT2D eigenvalue weighted by molar-refractivity contribution is 7.80. The normalized spacial score (nSPS) is 13.5. The minimum absolute atomic E-state index is 0.0158. The topological polar surface area (TPSA) is 24.1 Å². The van der Waals surface area contributed by atoms with E-state index in [1.807, 2.05) is 0 Å². The largest absolute Gasteiger partial charge is 0.358 e. The lowest BCUT2D eigenvalue weighted by Crippen LogP contribution is -2.54. The molecule has 0 aliphatic heterocycles. The fourth-order valence-corrected chi connectivity index (χ4v) is 2.63. The monoisotopic (exact) mass is 244 g/mol. The van der Waals surface area contributed by atoms with Crippen molar-refractivity contribution in [3.63, 3.8) is 0 Å². The lowest BCUT2D eigenvalue weighted by Gasteiger charge is -2.35. The van der Waals surface area contributed by atoms with Gasteiger partial charge >= 0.3 is 0 Å². The summed E-state index contributed by atoms with van der Waals surface area (Å²) in [6, 6.07) is 0. The molecule has 0 spiro atoms. The summed E-state index contributed by atoms with van der Waals surface area (Å²) in [6.45, 7) is 17.4. The molecule has 0 aliphatic carbocycles. The first kappa shape index (κ1) is 15.7. The molecule has 0 fully saturated rings. The van der Waals surface area contributed by atoms with E-state index in [1.54, 1.807) is 0 Å². The van der Waals surface area contributed by atoms with Gasteiger partial charge in [0.15, 0.2) is 5.11 Å². The summed E-state index contributed by atoms with van der Waals surface area (Å²) in [4.78, 5) is 0. The van der Waals surface area contributed by atoms with E-state index in [0.29, 0.717) is 5.41 Å². The minimum atomic E-state index is 0.0158. The molecule has 0 aromatic heterocycles. The summed E-state index contributed by atoms with van der Waals surface area (Å²) in [6.07, 6.45) is 1.08. The number of hydrogen-bond donors (Lipinski definition) is 2. The van der Waals surface area contributed by atoms with Crippen LogP contribution in [-0.4, -0.2) is 16.2 Å². The summed E-state index contributed by atoms with van der Waals surface area (Å²) in [5.74, 6) is 0. The summed E-state index contributed by atoms with van der Waals surface area (Å²) in [5, 5.41) is 7.41. The van der Waals surface area contributed by atoms with Crippen molar-refractivity contribution in [2.45, 2.75) is 72.9 Å². The predicted molar refractivity (Wildman–Crippen MR) is 76.8 cm³/mol. The van der Waals surface area contributed by atoms with Gasteiger partial charge in [0, 0.05) is 11.1 Å². The molecule has 3 heteroatoms. The molecule has 0 saturated carbocycles. The molecule has 0 unspecified atom stereocenters. The van der Waals surface area contributed by atoms with Crippen LogP contribution in [0.5, 0.6) is 0 Å². The van der Waals surface area contributed by atoms with Crippen LogP contribution in [0.25, 0.3) is 0 Å². The van der Waals surface area contributed by atoms with E-state index in [0.717, 1.165) is 11.5 Å². The summed E-state index contributed by atoms with van der Waals surface area (Å²) >= 11 is 5.32. The molecule has 2 nitrogen and oxygen atoms in total. The quantitative estimate of drug-likeness (QED) is 0.727. The average molecular weight is 244 g/mol. The lowest BCUT2D eigenvalue weighted by atomic mass is 9.82. The van der Waals surface area contributed by atoms with Crippen molar-refractivity contribution in [3.8, 4) is 0 Å². The van der Waals surface area contributed by atoms with Gasteiger partial charge in [0.25, 0.3) is 0 Å². The molecule has 0 saturated heterocycles. The SMILES string of the molecule is CC(C)(C)CC(C)(C)NC(=S)NC(C)(C)C. The first-order valence-electron chi connectivity index (χ1n) is 5.91. The zero-order chi connectivity index (χ0) is 13.2. The van der Waals surface area contributed by atoms with Crippen molar-refractivity contribution < 1.29 is 0 Å². The van der Waals surface area contributed by atoms with Gasteiger partial charge in [0.1, 0.15) is 0 Å². The second kappa shape index (κ2) is 4.91. The molecule has 0 aromatic carbocycles. The molecular formula is C13H28N2S. The van der Waals surface area contributed by atoms with Gasteiger partial charge in [-0.25, -0.2) is 0 Å². The van der Waals surface area contributed by atoms with Crippen molar-refractivity contribution in [2.75, 3.05) is 0 Å². The smallest absolute Gasteiger partial charge is 0.167 e. The van der Waals surface area contributed by atoms with Gasteiger partial charge < -0.3 is 10.6 Å². The predicted octanol–water partition coefficient (Wildman–Crippen LogP) is 3.46. The Morgan fingerprint density at radius 3 is 1.62 bits per heavy atom. The van der Waals surface area contributed by atoms with E-state index >= 15 is 0 Å². The third-order valence-corrected chi connectivity index (χ3v) is 2.12. The van der Waals surface area contributed by atoms with Gasteiger partial charge in [-0.15, -0.1) is 0 Å². The van der Waals surface area contributed by atoms with E-state index in [9.17, 15) is 0 Å². The van der Waals surface area contributed by atoms with E-state index in [-0.39, 0.29) is 11.1 Å². The molecular weight excluding hydrogens is 216 g/mol. The molecule has 2 N–H and O–H groups in total. The Balaban J connectivity index is 4.32. The Hall–Kier alpha value is -0.310. The maximum atomic E-state index is 5.32. The van der Waals surface area contributed by atoms with E-state index in [4.69, 9.17) is 12.2 Å². The summed E-state index contributed by atoms with van der Waals surface area (Å²) < 4.78 is 0. The van der Waals surface area contributed by atoms with Crippen LogP contribution in [0, 0.1) is 5.41 Å². The third kappa shape index (κ3) is 8.96. The molecule has 96 valence electrons. The Labute approximate surface area is 107 Å². The zero-order valence-corrected chi connectivity index (χ0v) is 12.9. The van der Waals surface area contributed by atoms with Crippen LogP contribution in [0.2, 0.25) is 0 Å². The maximum absolute atomic E-state index is 5.32. The van der Waals surface area contributed by atoms with Gasteiger partial charge in [0.2, 0.25) is 0 Å². The number of thiocarbonyl (C=S) groups is 1. The molecule has 0 atom stereocenters.